The van der Waals surface area contributed by atoms with Crippen molar-refractivity contribution in [2.24, 2.45) is 5.73 Å². The van der Waals surface area contributed by atoms with E-state index in [9.17, 15) is 0 Å². The summed E-state index contributed by atoms with van der Waals surface area (Å²) in [5, 5.41) is 0. The standard InChI is InChI=1S/C6H14O2.CH3NO/c1-3-7-5-6-8-4-2;2-1-3/h3-6H2,1-2H3;1H,(H2,2,3). The summed E-state index contributed by atoms with van der Waals surface area (Å²) in [6.07, 6.45) is 0.250. The van der Waals surface area contributed by atoms with E-state index >= 15 is 0 Å². The number of nitrogens with two attached hydrogens (primary N) is 1. The summed E-state index contributed by atoms with van der Waals surface area (Å²) in [4.78, 5) is 8.58. The minimum atomic E-state index is 0.250. The Kier molecular flexibility index (Phi) is 19.2. The van der Waals surface area contributed by atoms with Crippen LogP contribution in [0.4, 0.5) is 0 Å². The second-order valence-corrected chi connectivity index (χ2v) is 1.53. The van der Waals surface area contributed by atoms with Crippen molar-refractivity contribution in [1.82, 2.24) is 0 Å². The van der Waals surface area contributed by atoms with Gasteiger partial charge in [0, 0.05) is 13.2 Å². The first-order chi connectivity index (χ1) is 5.33. The summed E-state index contributed by atoms with van der Waals surface area (Å²) < 4.78 is 10.0. The zero-order valence-corrected chi connectivity index (χ0v) is 7.21. The molecule has 0 saturated carbocycles. The maximum Gasteiger partial charge on any atom is 0.204 e. The molecule has 0 aliphatic carbocycles. The Labute approximate surface area is 67.7 Å². The fourth-order valence-corrected chi connectivity index (χ4v) is 0.407. The average Bonchev–Trinajstić information content (AvgIpc) is 2.00. The SMILES string of the molecule is CCOCCOCC.NC=O. The molecular weight excluding hydrogens is 146 g/mol. The van der Waals surface area contributed by atoms with Gasteiger partial charge in [-0.3, -0.25) is 4.79 Å². The molecule has 0 saturated heterocycles. The van der Waals surface area contributed by atoms with Crippen molar-refractivity contribution in [3.63, 3.8) is 0 Å². The zero-order valence-electron chi connectivity index (χ0n) is 7.21. The summed E-state index contributed by atoms with van der Waals surface area (Å²) in [6, 6.07) is 0. The molecule has 1 amide bonds. The van der Waals surface area contributed by atoms with Gasteiger partial charge in [-0.2, -0.15) is 0 Å². The number of hydrogen-bond acceptors (Lipinski definition) is 3. The lowest BCUT2D eigenvalue weighted by Gasteiger charge is -1.99. The monoisotopic (exact) mass is 163 g/mol. The lowest BCUT2D eigenvalue weighted by Crippen LogP contribution is -2.02. The third-order valence-corrected chi connectivity index (χ3v) is 0.780. The quantitative estimate of drug-likeness (QED) is 0.464. The molecule has 0 bridgehead atoms. The number of carbonyl (C=O) groups excluding carboxylic acids is 1. The van der Waals surface area contributed by atoms with Crippen LogP contribution in [0.1, 0.15) is 13.8 Å². The van der Waals surface area contributed by atoms with Crippen molar-refractivity contribution in [2.75, 3.05) is 26.4 Å². The summed E-state index contributed by atoms with van der Waals surface area (Å²) >= 11 is 0. The van der Waals surface area contributed by atoms with Gasteiger partial charge in [0.1, 0.15) is 0 Å². The van der Waals surface area contributed by atoms with Crippen LogP contribution >= 0.6 is 0 Å². The minimum Gasteiger partial charge on any atom is -0.379 e. The molecule has 0 aliphatic heterocycles. The Morgan fingerprint density at radius 2 is 1.45 bits per heavy atom. The molecule has 0 unspecified atom stereocenters. The van der Waals surface area contributed by atoms with E-state index in [4.69, 9.17) is 14.3 Å². The molecule has 0 atom stereocenters. The van der Waals surface area contributed by atoms with Gasteiger partial charge in [0.25, 0.3) is 0 Å². The molecule has 4 heteroatoms. The Bertz CT molecular complexity index is 62.7. The topological polar surface area (TPSA) is 61.6 Å². The molecule has 0 aromatic heterocycles. The van der Waals surface area contributed by atoms with Gasteiger partial charge in [0.2, 0.25) is 6.41 Å². The summed E-state index contributed by atoms with van der Waals surface area (Å²) in [5.41, 5.74) is 4.17. The number of amides is 1. The van der Waals surface area contributed by atoms with E-state index in [1.54, 1.807) is 0 Å². The fraction of sp³-hybridized carbons (Fsp3) is 0.857. The van der Waals surface area contributed by atoms with Gasteiger partial charge in [-0.1, -0.05) is 0 Å². The van der Waals surface area contributed by atoms with Crippen LogP contribution in [0.15, 0.2) is 0 Å². The van der Waals surface area contributed by atoms with Crippen molar-refractivity contribution >= 4 is 6.41 Å². The molecule has 0 radical (unpaired) electrons. The van der Waals surface area contributed by atoms with Crippen LogP contribution in [-0.2, 0) is 14.3 Å². The van der Waals surface area contributed by atoms with Crippen LogP contribution in [0.2, 0.25) is 0 Å². The van der Waals surface area contributed by atoms with Gasteiger partial charge < -0.3 is 15.2 Å². The lowest BCUT2D eigenvalue weighted by molar-refractivity contribution is -0.106. The Balaban J connectivity index is 0. The third-order valence-electron chi connectivity index (χ3n) is 0.780. The molecule has 11 heavy (non-hydrogen) atoms. The maximum atomic E-state index is 8.58. The highest BCUT2D eigenvalue weighted by Crippen LogP contribution is 1.75. The Hall–Kier alpha value is -0.610. The highest BCUT2D eigenvalue weighted by atomic mass is 16.5. The molecule has 68 valence electrons. The van der Waals surface area contributed by atoms with E-state index in [1.165, 1.54) is 0 Å². The largest absolute Gasteiger partial charge is 0.379 e. The summed E-state index contributed by atoms with van der Waals surface area (Å²) in [6.45, 7) is 6.98. The van der Waals surface area contributed by atoms with E-state index in [0.29, 0.717) is 0 Å². The van der Waals surface area contributed by atoms with Crippen LogP contribution in [-0.4, -0.2) is 32.8 Å². The lowest BCUT2D eigenvalue weighted by atomic mass is 10.7. The van der Waals surface area contributed by atoms with Crippen LogP contribution in [0.3, 0.4) is 0 Å². The zero-order chi connectivity index (χ0) is 8.95. The van der Waals surface area contributed by atoms with Crippen molar-refractivity contribution in [3.8, 4) is 0 Å². The van der Waals surface area contributed by atoms with Crippen molar-refractivity contribution in [1.29, 1.82) is 0 Å². The molecule has 0 spiro atoms. The van der Waals surface area contributed by atoms with Crippen LogP contribution in [0.5, 0.6) is 0 Å². The van der Waals surface area contributed by atoms with Crippen molar-refractivity contribution in [3.05, 3.63) is 0 Å². The van der Waals surface area contributed by atoms with Gasteiger partial charge in [-0.15, -0.1) is 0 Å². The van der Waals surface area contributed by atoms with Gasteiger partial charge in [-0.05, 0) is 13.8 Å². The first-order valence-corrected chi connectivity index (χ1v) is 3.64. The third kappa shape index (κ3) is 26.6. The number of ether oxygens (including phenoxy) is 2. The number of hydrogen-bond donors (Lipinski definition) is 1. The Morgan fingerprint density at radius 3 is 1.64 bits per heavy atom. The van der Waals surface area contributed by atoms with E-state index < -0.39 is 0 Å². The molecule has 0 aliphatic rings. The fourth-order valence-electron chi connectivity index (χ4n) is 0.407. The van der Waals surface area contributed by atoms with Gasteiger partial charge >= 0.3 is 0 Å². The first-order valence-electron chi connectivity index (χ1n) is 3.64. The Morgan fingerprint density at radius 1 is 1.18 bits per heavy atom. The minimum absolute atomic E-state index is 0.250. The average molecular weight is 163 g/mol. The molecule has 0 aromatic carbocycles. The molecular formula is C7H17NO3. The molecule has 0 heterocycles. The van der Waals surface area contributed by atoms with Crippen molar-refractivity contribution < 1.29 is 14.3 Å². The highest BCUT2D eigenvalue weighted by molar-refractivity contribution is 5.42. The molecule has 2 N–H and O–H groups in total. The van der Waals surface area contributed by atoms with E-state index in [1.807, 2.05) is 13.8 Å². The predicted octanol–water partition coefficient (Wildman–Crippen LogP) is 0.161. The molecule has 4 nitrogen and oxygen atoms in total. The van der Waals surface area contributed by atoms with E-state index in [2.05, 4.69) is 5.73 Å². The van der Waals surface area contributed by atoms with Gasteiger partial charge in [0.15, 0.2) is 0 Å². The van der Waals surface area contributed by atoms with Crippen LogP contribution in [0.25, 0.3) is 0 Å². The van der Waals surface area contributed by atoms with Gasteiger partial charge in [-0.25, -0.2) is 0 Å². The van der Waals surface area contributed by atoms with Gasteiger partial charge in [0.05, 0.1) is 13.2 Å². The summed E-state index contributed by atoms with van der Waals surface area (Å²) in [5.74, 6) is 0. The van der Waals surface area contributed by atoms with Crippen LogP contribution in [0, 0.1) is 0 Å². The number of carbonyl (C=O) groups is 1. The second kappa shape index (κ2) is 16.2. The second-order valence-electron chi connectivity index (χ2n) is 1.53. The first kappa shape index (κ1) is 13.0. The molecule has 0 fully saturated rings. The highest BCUT2D eigenvalue weighted by Gasteiger charge is 1.81. The van der Waals surface area contributed by atoms with Crippen molar-refractivity contribution in [2.45, 2.75) is 13.8 Å². The molecule has 0 aromatic rings. The van der Waals surface area contributed by atoms with Crippen LogP contribution < -0.4 is 5.73 Å². The predicted molar refractivity (Wildman–Crippen MR) is 43.2 cm³/mol. The molecule has 0 rings (SSSR count). The van der Waals surface area contributed by atoms with E-state index in [0.717, 1.165) is 26.4 Å². The smallest absolute Gasteiger partial charge is 0.204 e. The number of rotatable bonds is 5. The normalized spacial score (nSPS) is 8.18. The summed E-state index contributed by atoms with van der Waals surface area (Å²) in [7, 11) is 0. The van der Waals surface area contributed by atoms with E-state index in [-0.39, 0.29) is 6.41 Å². The maximum absolute atomic E-state index is 8.58. The number of primary amides is 1.